The molecule has 3 unspecified atom stereocenters. The Kier molecular flexibility index (Phi) is 3.57. The van der Waals surface area contributed by atoms with Crippen LogP contribution in [0.4, 0.5) is 0 Å². The van der Waals surface area contributed by atoms with Crippen molar-refractivity contribution in [3.05, 3.63) is 0 Å². The Morgan fingerprint density at radius 1 is 1.25 bits per heavy atom. The van der Waals surface area contributed by atoms with Gasteiger partial charge in [-0.15, -0.1) is 0 Å². The van der Waals surface area contributed by atoms with Crippen molar-refractivity contribution in [3.8, 4) is 0 Å². The molecule has 0 aromatic heterocycles. The lowest BCUT2D eigenvalue weighted by molar-refractivity contribution is 0.343. The van der Waals surface area contributed by atoms with Crippen LogP contribution in [0.1, 0.15) is 47.0 Å². The maximum Gasteiger partial charge on any atom is 0.00727 e. The lowest BCUT2D eigenvalue weighted by Gasteiger charge is -2.20. The molecule has 0 bridgehead atoms. The smallest absolute Gasteiger partial charge is 0.00727 e. The van der Waals surface area contributed by atoms with E-state index in [-0.39, 0.29) is 0 Å². The Bertz CT molecular complexity index is 131. The molecule has 0 spiro atoms. The van der Waals surface area contributed by atoms with Crippen LogP contribution in [0.25, 0.3) is 0 Å². The van der Waals surface area contributed by atoms with E-state index in [1.54, 1.807) is 0 Å². The molecule has 1 heterocycles. The number of nitrogens with one attached hydrogen (secondary N) is 1. The number of rotatable bonds is 3. The first-order chi connectivity index (χ1) is 5.59. The summed E-state index contributed by atoms with van der Waals surface area (Å²) in [6.45, 7) is 9.31. The van der Waals surface area contributed by atoms with Crippen LogP contribution in [0.5, 0.6) is 0 Å². The summed E-state index contributed by atoms with van der Waals surface area (Å²) in [5.74, 6) is 1.70. The first-order valence-electron chi connectivity index (χ1n) is 5.35. The van der Waals surface area contributed by atoms with E-state index >= 15 is 0 Å². The Morgan fingerprint density at radius 2 is 1.92 bits per heavy atom. The van der Waals surface area contributed by atoms with E-state index < -0.39 is 0 Å². The molecule has 1 aliphatic heterocycles. The van der Waals surface area contributed by atoms with Gasteiger partial charge in [0, 0.05) is 12.1 Å². The topological polar surface area (TPSA) is 12.0 Å². The van der Waals surface area contributed by atoms with Gasteiger partial charge >= 0.3 is 0 Å². The van der Waals surface area contributed by atoms with Crippen molar-refractivity contribution < 1.29 is 0 Å². The highest BCUT2D eigenvalue weighted by molar-refractivity contribution is 4.82. The van der Waals surface area contributed by atoms with Gasteiger partial charge < -0.3 is 5.32 Å². The molecule has 3 atom stereocenters. The van der Waals surface area contributed by atoms with Gasteiger partial charge in [0.2, 0.25) is 0 Å². The molecule has 1 saturated heterocycles. The van der Waals surface area contributed by atoms with Crippen molar-refractivity contribution in [1.29, 1.82) is 0 Å². The van der Waals surface area contributed by atoms with E-state index in [0.29, 0.717) is 0 Å². The van der Waals surface area contributed by atoms with Gasteiger partial charge in [-0.3, -0.25) is 0 Å². The molecule has 0 radical (unpaired) electrons. The molecule has 1 nitrogen and oxygen atoms in total. The van der Waals surface area contributed by atoms with E-state index in [9.17, 15) is 0 Å². The lowest BCUT2D eigenvalue weighted by atomic mass is 9.91. The Balaban J connectivity index is 2.23. The van der Waals surface area contributed by atoms with Crippen LogP contribution < -0.4 is 5.32 Å². The zero-order chi connectivity index (χ0) is 9.14. The number of hydrogen-bond donors (Lipinski definition) is 1. The molecule has 0 saturated carbocycles. The minimum absolute atomic E-state index is 0.759. The van der Waals surface area contributed by atoms with Crippen molar-refractivity contribution in [1.82, 2.24) is 5.32 Å². The molecule has 1 heteroatoms. The van der Waals surface area contributed by atoms with Crippen LogP contribution in [0.3, 0.4) is 0 Å². The average molecular weight is 169 g/mol. The zero-order valence-corrected chi connectivity index (χ0v) is 8.93. The molecule has 72 valence electrons. The van der Waals surface area contributed by atoms with E-state index in [1.807, 2.05) is 0 Å². The molecule has 0 aromatic rings. The quantitative estimate of drug-likeness (QED) is 0.685. The van der Waals surface area contributed by atoms with Gasteiger partial charge in [-0.05, 0) is 38.0 Å². The third kappa shape index (κ3) is 2.78. The molecule has 1 rings (SSSR count). The summed E-state index contributed by atoms with van der Waals surface area (Å²) in [5.41, 5.74) is 0. The Hall–Kier alpha value is -0.0400. The minimum atomic E-state index is 0.759. The first kappa shape index (κ1) is 10.0. The fourth-order valence-corrected chi connectivity index (χ4v) is 1.93. The predicted octanol–water partition coefficient (Wildman–Crippen LogP) is 2.81. The summed E-state index contributed by atoms with van der Waals surface area (Å²) < 4.78 is 0. The van der Waals surface area contributed by atoms with Crippen molar-refractivity contribution in [2.24, 2.45) is 11.8 Å². The van der Waals surface area contributed by atoms with E-state index in [2.05, 4.69) is 33.0 Å². The highest BCUT2D eigenvalue weighted by Gasteiger charge is 2.22. The fraction of sp³-hybridized carbons (Fsp3) is 1.00. The largest absolute Gasteiger partial charge is 0.311 e. The fourth-order valence-electron chi connectivity index (χ4n) is 1.93. The third-order valence-corrected chi connectivity index (χ3v) is 3.26. The van der Waals surface area contributed by atoms with Crippen molar-refractivity contribution >= 4 is 0 Å². The summed E-state index contributed by atoms with van der Waals surface area (Å²) in [7, 11) is 0. The summed E-state index contributed by atoms with van der Waals surface area (Å²) in [6, 6.07) is 1.56. The molecule has 1 aliphatic rings. The normalized spacial score (nSPS) is 32.8. The summed E-state index contributed by atoms with van der Waals surface area (Å²) >= 11 is 0. The minimum Gasteiger partial charge on any atom is -0.311 e. The van der Waals surface area contributed by atoms with Gasteiger partial charge in [-0.2, -0.15) is 0 Å². The van der Waals surface area contributed by atoms with Crippen molar-refractivity contribution in [2.75, 3.05) is 0 Å². The second kappa shape index (κ2) is 4.27. The lowest BCUT2D eigenvalue weighted by Crippen LogP contribution is -2.29. The van der Waals surface area contributed by atoms with Gasteiger partial charge in [0.1, 0.15) is 0 Å². The van der Waals surface area contributed by atoms with Gasteiger partial charge in [-0.25, -0.2) is 0 Å². The molecular weight excluding hydrogens is 146 g/mol. The second-order valence-corrected chi connectivity index (χ2v) is 4.80. The van der Waals surface area contributed by atoms with Gasteiger partial charge in [0.05, 0.1) is 0 Å². The average Bonchev–Trinajstić information content (AvgIpc) is 2.35. The molecular formula is C11H23N. The second-order valence-electron chi connectivity index (χ2n) is 4.80. The predicted molar refractivity (Wildman–Crippen MR) is 54.2 cm³/mol. The first-order valence-corrected chi connectivity index (χ1v) is 5.35. The summed E-state index contributed by atoms with van der Waals surface area (Å²) in [6.07, 6.45) is 4.12. The van der Waals surface area contributed by atoms with Crippen molar-refractivity contribution in [2.45, 2.75) is 59.0 Å². The molecule has 1 fully saturated rings. The molecule has 0 amide bonds. The maximum absolute atomic E-state index is 3.64. The Morgan fingerprint density at radius 3 is 2.33 bits per heavy atom. The van der Waals surface area contributed by atoms with Gasteiger partial charge in [-0.1, -0.05) is 20.8 Å². The zero-order valence-electron chi connectivity index (χ0n) is 8.93. The molecule has 0 aromatic carbocycles. The van der Waals surface area contributed by atoms with E-state index in [0.717, 1.165) is 23.9 Å². The van der Waals surface area contributed by atoms with Crippen LogP contribution >= 0.6 is 0 Å². The maximum atomic E-state index is 3.64. The summed E-state index contributed by atoms with van der Waals surface area (Å²) in [5, 5.41) is 3.64. The molecule has 12 heavy (non-hydrogen) atoms. The molecule has 1 N–H and O–H groups in total. The van der Waals surface area contributed by atoms with Crippen LogP contribution in [-0.2, 0) is 0 Å². The monoisotopic (exact) mass is 169 g/mol. The van der Waals surface area contributed by atoms with Gasteiger partial charge in [0.15, 0.2) is 0 Å². The standard InChI is InChI=1S/C11H23N/c1-8(2)9(3)7-11-6-5-10(4)12-11/h8-12H,5-7H2,1-4H3. The number of hydrogen-bond acceptors (Lipinski definition) is 1. The van der Waals surface area contributed by atoms with Crippen molar-refractivity contribution in [3.63, 3.8) is 0 Å². The highest BCUT2D eigenvalue weighted by atomic mass is 15.0. The Labute approximate surface area is 76.9 Å². The van der Waals surface area contributed by atoms with Crippen LogP contribution in [0, 0.1) is 11.8 Å². The molecule has 0 aliphatic carbocycles. The van der Waals surface area contributed by atoms with Crippen LogP contribution in [-0.4, -0.2) is 12.1 Å². The SMILES string of the molecule is CC1CCC(CC(C)C(C)C)N1. The summed E-state index contributed by atoms with van der Waals surface area (Å²) in [4.78, 5) is 0. The third-order valence-electron chi connectivity index (χ3n) is 3.26. The van der Waals surface area contributed by atoms with Crippen LogP contribution in [0.2, 0.25) is 0 Å². The highest BCUT2D eigenvalue weighted by Crippen LogP contribution is 2.22. The van der Waals surface area contributed by atoms with E-state index in [4.69, 9.17) is 0 Å². The van der Waals surface area contributed by atoms with Crippen LogP contribution in [0.15, 0.2) is 0 Å². The van der Waals surface area contributed by atoms with E-state index in [1.165, 1.54) is 19.3 Å². The van der Waals surface area contributed by atoms with Gasteiger partial charge in [0.25, 0.3) is 0 Å².